The van der Waals surface area contributed by atoms with Gasteiger partial charge in [-0.1, -0.05) is 19.8 Å². The van der Waals surface area contributed by atoms with Gasteiger partial charge in [0.25, 0.3) is 0 Å². The van der Waals surface area contributed by atoms with E-state index in [0.29, 0.717) is 5.25 Å². The van der Waals surface area contributed by atoms with Gasteiger partial charge in [0.1, 0.15) is 0 Å². The first-order valence-corrected chi connectivity index (χ1v) is 5.63. The lowest BCUT2D eigenvalue weighted by molar-refractivity contribution is -0.117. The minimum atomic E-state index is -0.144. The first kappa shape index (κ1) is 9.90. The van der Waals surface area contributed by atoms with Gasteiger partial charge >= 0.3 is 0 Å². The van der Waals surface area contributed by atoms with Gasteiger partial charge in [-0.3, -0.25) is 4.79 Å². The van der Waals surface area contributed by atoms with Gasteiger partial charge in [0.15, 0.2) is 0 Å². The third kappa shape index (κ3) is 2.70. The van der Waals surface area contributed by atoms with Gasteiger partial charge in [0.2, 0.25) is 5.91 Å². The predicted molar refractivity (Wildman–Crippen MR) is 53.1 cm³/mol. The summed E-state index contributed by atoms with van der Waals surface area (Å²) < 4.78 is 0. The van der Waals surface area contributed by atoms with E-state index < -0.39 is 0 Å². The van der Waals surface area contributed by atoms with E-state index in [4.69, 9.17) is 5.73 Å². The van der Waals surface area contributed by atoms with E-state index in [1.807, 2.05) is 6.92 Å². The first-order valence-electron chi connectivity index (χ1n) is 4.68. The molecule has 0 radical (unpaired) electrons. The molecule has 2 N–H and O–H groups in total. The average Bonchev–Trinajstić information content (AvgIpc) is 2.51. The Labute approximate surface area is 78.3 Å². The summed E-state index contributed by atoms with van der Waals surface area (Å²) in [6, 6.07) is 0. The van der Waals surface area contributed by atoms with Gasteiger partial charge in [0, 0.05) is 5.25 Å². The Balaban J connectivity index is 2.30. The van der Waals surface area contributed by atoms with Crippen molar-refractivity contribution in [2.24, 2.45) is 5.73 Å². The van der Waals surface area contributed by atoms with Crippen LogP contribution in [-0.4, -0.2) is 16.4 Å². The van der Waals surface area contributed by atoms with Crippen LogP contribution in [0, 0.1) is 0 Å². The molecule has 0 aliphatic heterocycles. The lowest BCUT2D eigenvalue weighted by Gasteiger charge is -2.15. The van der Waals surface area contributed by atoms with Crippen LogP contribution in [0.2, 0.25) is 0 Å². The molecule has 70 valence electrons. The molecule has 12 heavy (non-hydrogen) atoms. The normalized spacial score (nSPS) is 21.1. The van der Waals surface area contributed by atoms with Crippen LogP contribution in [0.4, 0.5) is 0 Å². The first-order chi connectivity index (χ1) is 5.74. The van der Waals surface area contributed by atoms with Crippen molar-refractivity contribution in [2.75, 3.05) is 0 Å². The van der Waals surface area contributed by atoms with Crippen molar-refractivity contribution >= 4 is 17.7 Å². The molecule has 0 saturated heterocycles. The van der Waals surface area contributed by atoms with Crippen LogP contribution in [0.3, 0.4) is 0 Å². The minimum absolute atomic E-state index is 0.0492. The third-order valence-corrected chi connectivity index (χ3v) is 4.10. The summed E-state index contributed by atoms with van der Waals surface area (Å²) in [5.41, 5.74) is 5.27. The highest BCUT2D eigenvalue weighted by Gasteiger charge is 2.22. The Morgan fingerprint density at radius 3 is 2.58 bits per heavy atom. The summed E-state index contributed by atoms with van der Waals surface area (Å²) in [7, 11) is 0. The number of hydrogen-bond acceptors (Lipinski definition) is 2. The van der Waals surface area contributed by atoms with Crippen LogP contribution in [0.25, 0.3) is 0 Å². The fourth-order valence-corrected chi connectivity index (χ4v) is 3.02. The Hall–Kier alpha value is -0.180. The largest absolute Gasteiger partial charge is 0.369 e. The van der Waals surface area contributed by atoms with Crippen LogP contribution in [0.1, 0.15) is 39.0 Å². The minimum Gasteiger partial charge on any atom is -0.369 e. The number of amides is 1. The number of carbonyl (C=O) groups is 1. The molecule has 1 unspecified atom stereocenters. The molecule has 1 rings (SSSR count). The lowest BCUT2D eigenvalue weighted by Crippen LogP contribution is -2.26. The number of carbonyl (C=O) groups excluding carboxylic acids is 1. The van der Waals surface area contributed by atoms with E-state index in [1.54, 1.807) is 11.8 Å². The molecule has 1 saturated carbocycles. The maximum Gasteiger partial charge on any atom is 0.230 e. The summed E-state index contributed by atoms with van der Waals surface area (Å²) >= 11 is 1.79. The van der Waals surface area contributed by atoms with Gasteiger partial charge in [-0.15, -0.1) is 11.8 Å². The zero-order chi connectivity index (χ0) is 8.97. The zero-order valence-electron chi connectivity index (χ0n) is 7.58. The molecule has 1 aliphatic carbocycles. The van der Waals surface area contributed by atoms with E-state index in [1.165, 1.54) is 25.7 Å². The number of nitrogens with two attached hydrogens (primary N) is 1. The SMILES string of the molecule is CCC(SC1CCCC1)C(N)=O. The van der Waals surface area contributed by atoms with Gasteiger partial charge in [-0.25, -0.2) is 0 Å². The molecule has 0 bridgehead atoms. The van der Waals surface area contributed by atoms with E-state index in [0.717, 1.165) is 6.42 Å². The fourth-order valence-electron chi connectivity index (χ4n) is 1.62. The predicted octanol–water partition coefficient (Wildman–Crippen LogP) is 1.93. The molecule has 1 atom stereocenters. The molecule has 0 spiro atoms. The van der Waals surface area contributed by atoms with Crippen molar-refractivity contribution in [3.63, 3.8) is 0 Å². The van der Waals surface area contributed by atoms with E-state index >= 15 is 0 Å². The van der Waals surface area contributed by atoms with Gasteiger partial charge in [-0.05, 0) is 19.3 Å². The average molecular weight is 187 g/mol. The monoisotopic (exact) mass is 187 g/mol. The van der Waals surface area contributed by atoms with Crippen molar-refractivity contribution in [3.8, 4) is 0 Å². The molecule has 1 fully saturated rings. The van der Waals surface area contributed by atoms with Crippen LogP contribution in [0.15, 0.2) is 0 Å². The summed E-state index contributed by atoms with van der Waals surface area (Å²) in [6.45, 7) is 2.03. The van der Waals surface area contributed by atoms with Gasteiger partial charge in [-0.2, -0.15) is 0 Å². The number of primary amides is 1. The van der Waals surface area contributed by atoms with Crippen LogP contribution < -0.4 is 5.73 Å². The maximum atomic E-state index is 10.9. The van der Waals surface area contributed by atoms with E-state index in [9.17, 15) is 4.79 Å². The van der Waals surface area contributed by atoms with Gasteiger partial charge < -0.3 is 5.73 Å². The van der Waals surface area contributed by atoms with Crippen molar-refractivity contribution < 1.29 is 4.79 Å². The van der Waals surface area contributed by atoms with E-state index in [2.05, 4.69) is 0 Å². The number of thioether (sulfide) groups is 1. The highest BCUT2D eigenvalue weighted by Crippen LogP contribution is 2.32. The van der Waals surface area contributed by atoms with Crippen molar-refractivity contribution in [1.29, 1.82) is 0 Å². The summed E-state index contributed by atoms with van der Waals surface area (Å²) in [6.07, 6.45) is 6.07. The Morgan fingerprint density at radius 2 is 2.17 bits per heavy atom. The maximum absolute atomic E-state index is 10.9. The topological polar surface area (TPSA) is 43.1 Å². The van der Waals surface area contributed by atoms with Gasteiger partial charge in [0.05, 0.1) is 5.25 Å². The molecule has 3 heteroatoms. The zero-order valence-corrected chi connectivity index (χ0v) is 8.40. The number of hydrogen-bond donors (Lipinski definition) is 1. The molecule has 0 aromatic heterocycles. The smallest absolute Gasteiger partial charge is 0.230 e. The highest BCUT2D eigenvalue weighted by atomic mass is 32.2. The molecule has 0 aromatic carbocycles. The Kier molecular flexibility index (Phi) is 3.92. The quantitative estimate of drug-likeness (QED) is 0.730. The highest BCUT2D eigenvalue weighted by molar-refractivity contribution is 8.01. The van der Waals surface area contributed by atoms with Crippen molar-refractivity contribution in [2.45, 2.75) is 49.5 Å². The van der Waals surface area contributed by atoms with Crippen LogP contribution in [0.5, 0.6) is 0 Å². The fraction of sp³-hybridized carbons (Fsp3) is 0.889. The summed E-state index contributed by atoms with van der Waals surface area (Å²) in [4.78, 5) is 10.9. The van der Waals surface area contributed by atoms with Crippen molar-refractivity contribution in [1.82, 2.24) is 0 Å². The summed E-state index contributed by atoms with van der Waals surface area (Å²) in [5.74, 6) is -0.144. The number of rotatable bonds is 4. The Bertz CT molecular complexity index is 155. The molecule has 0 heterocycles. The molecule has 2 nitrogen and oxygen atoms in total. The molecular weight excluding hydrogens is 170 g/mol. The van der Waals surface area contributed by atoms with Crippen molar-refractivity contribution in [3.05, 3.63) is 0 Å². The molecule has 1 aliphatic rings. The molecular formula is C9H17NOS. The second kappa shape index (κ2) is 4.75. The standard InChI is InChI=1S/C9H17NOS/c1-2-8(9(10)11)12-7-5-3-4-6-7/h7-8H,2-6H2,1H3,(H2,10,11). The second-order valence-corrected chi connectivity index (χ2v) is 4.85. The molecule has 0 aromatic rings. The lowest BCUT2D eigenvalue weighted by atomic mass is 10.3. The van der Waals surface area contributed by atoms with Crippen LogP contribution >= 0.6 is 11.8 Å². The second-order valence-electron chi connectivity index (χ2n) is 3.34. The summed E-state index contributed by atoms with van der Waals surface area (Å²) in [5, 5.41) is 0.746. The third-order valence-electron chi connectivity index (χ3n) is 2.35. The Morgan fingerprint density at radius 1 is 1.58 bits per heavy atom. The molecule has 1 amide bonds. The van der Waals surface area contributed by atoms with E-state index in [-0.39, 0.29) is 11.2 Å². The van der Waals surface area contributed by atoms with Crippen LogP contribution in [-0.2, 0) is 4.79 Å².